The second-order valence-corrected chi connectivity index (χ2v) is 10.3. The molecular formula is C17H14Cl4N2O8S. The molecule has 0 saturated heterocycles. The molecule has 0 spiro atoms. The number of alkyl halides is 2. The van der Waals surface area contributed by atoms with Crippen LogP contribution in [-0.2, 0) is 25.7 Å². The highest BCUT2D eigenvalue weighted by Gasteiger charge is 2.35. The topological polar surface area (TPSA) is 150 Å². The zero-order valence-electron chi connectivity index (χ0n) is 15.8. The van der Waals surface area contributed by atoms with Gasteiger partial charge in [0, 0.05) is 18.6 Å². The monoisotopic (exact) mass is 546 g/mol. The Bertz CT molecular complexity index is 1100. The van der Waals surface area contributed by atoms with Crippen molar-refractivity contribution in [1.29, 1.82) is 0 Å². The van der Waals surface area contributed by atoms with E-state index < -0.39 is 48.4 Å². The van der Waals surface area contributed by atoms with E-state index in [2.05, 4.69) is 0 Å². The van der Waals surface area contributed by atoms with Gasteiger partial charge in [-0.25, -0.2) is 0 Å². The molecule has 174 valence electrons. The normalized spacial score (nSPS) is 13.7. The Morgan fingerprint density at radius 2 is 1.56 bits per heavy atom. The Morgan fingerprint density at radius 1 is 1.03 bits per heavy atom. The fourth-order valence-electron chi connectivity index (χ4n) is 2.72. The van der Waals surface area contributed by atoms with Crippen LogP contribution < -0.4 is 0 Å². The van der Waals surface area contributed by atoms with Gasteiger partial charge in [0.05, 0.1) is 16.5 Å². The lowest BCUT2D eigenvalue weighted by Gasteiger charge is -2.28. The number of nitro groups is 2. The van der Waals surface area contributed by atoms with Crippen molar-refractivity contribution < 1.29 is 27.6 Å². The Kier molecular flexibility index (Phi) is 8.68. The molecule has 0 saturated carbocycles. The average molecular weight is 548 g/mol. The van der Waals surface area contributed by atoms with Gasteiger partial charge >= 0.3 is 5.69 Å². The summed E-state index contributed by atoms with van der Waals surface area (Å²) < 4.78 is 29.8. The minimum Gasteiger partial charge on any atom is -0.383 e. The van der Waals surface area contributed by atoms with Crippen molar-refractivity contribution in [1.82, 2.24) is 0 Å². The first-order valence-electron chi connectivity index (χ1n) is 8.49. The summed E-state index contributed by atoms with van der Waals surface area (Å²) in [4.78, 5) is 19.2. The van der Waals surface area contributed by atoms with Crippen LogP contribution in [0.15, 0.2) is 36.4 Å². The lowest BCUT2D eigenvalue weighted by atomic mass is 9.92. The standard InChI is InChI=1S/C17H14Cl4N2O8S/c18-13-5-10(6-14(19)16(13)23(27)28)8-32(29,30)31-9-17(24,7-15(20)21)11-1-3-12(4-2-11)22(25)26/h1-6,15,24H,7-9H2. The van der Waals surface area contributed by atoms with Gasteiger partial charge in [-0.2, -0.15) is 8.42 Å². The lowest BCUT2D eigenvalue weighted by Crippen LogP contribution is -2.35. The number of rotatable bonds is 10. The van der Waals surface area contributed by atoms with Crippen LogP contribution >= 0.6 is 46.4 Å². The van der Waals surface area contributed by atoms with E-state index >= 15 is 0 Å². The van der Waals surface area contributed by atoms with E-state index in [4.69, 9.17) is 50.6 Å². The summed E-state index contributed by atoms with van der Waals surface area (Å²) in [5, 5.41) is 32.0. The smallest absolute Gasteiger partial charge is 0.306 e. The van der Waals surface area contributed by atoms with Gasteiger partial charge in [-0.15, -0.1) is 23.2 Å². The molecule has 2 rings (SSSR count). The third-order valence-electron chi connectivity index (χ3n) is 4.19. The van der Waals surface area contributed by atoms with Crippen LogP contribution in [0.5, 0.6) is 0 Å². The first kappa shape index (κ1) is 26.5. The molecule has 0 radical (unpaired) electrons. The van der Waals surface area contributed by atoms with Gasteiger partial charge in [0.2, 0.25) is 0 Å². The summed E-state index contributed by atoms with van der Waals surface area (Å²) in [5.41, 5.74) is -2.72. The summed E-state index contributed by atoms with van der Waals surface area (Å²) in [6, 6.07) is 6.80. The quantitative estimate of drug-likeness (QED) is 0.194. The molecule has 0 amide bonds. The van der Waals surface area contributed by atoms with Gasteiger partial charge in [-0.05, 0) is 35.4 Å². The largest absolute Gasteiger partial charge is 0.383 e. The third-order valence-corrected chi connectivity index (χ3v) is 6.24. The molecule has 1 unspecified atom stereocenters. The highest BCUT2D eigenvalue weighted by molar-refractivity contribution is 7.85. The van der Waals surface area contributed by atoms with E-state index in [1.54, 1.807) is 0 Å². The van der Waals surface area contributed by atoms with E-state index in [0.29, 0.717) is 0 Å². The highest BCUT2D eigenvalue weighted by atomic mass is 35.5. The predicted molar refractivity (Wildman–Crippen MR) is 119 cm³/mol. The van der Waals surface area contributed by atoms with Crippen LogP contribution in [0.25, 0.3) is 0 Å². The zero-order chi connectivity index (χ0) is 24.3. The number of halogens is 4. The SMILES string of the molecule is O=[N+]([O-])c1ccc(C(O)(COS(=O)(=O)Cc2cc(Cl)c([N+](=O)[O-])c(Cl)c2)CC(Cl)Cl)cc1. The first-order chi connectivity index (χ1) is 14.7. The number of hydrogen-bond donors (Lipinski definition) is 1. The van der Waals surface area contributed by atoms with Crippen LogP contribution in [0.4, 0.5) is 11.4 Å². The van der Waals surface area contributed by atoms with E-state index in [0.717, 1.165) is 24.3 Å². The summed E-state index contributed by atoms with van der Waals surface area (Å²) in [5.74, 6) is -0.758. The van der Waals surface area contributed by atoms with Crippen molar-refractivity contribution in [3.8, 4) is 0 Å². The molecular weight excluding hydrogens is 534 g/mol. The van der Waals surface area contributed by atoms with Crippen LogP contribution in [0.3, 0.4) is 0 Å². The number of hydrogen-bond acceptors (Lipinski definition) is 8. The number of nitro benzene ring substituents is 2. The van der Waals surface area contributed by atoms with E-state index in [9.17, 15) is 33.8 Å². The number of aliphatic hydroxyl groups is 1. The summed E-state index contributed by atoms with van der Waals surface area (Å²) in [6.07, 6.45) is -0.349. The zero-order valence-corrected chi connectivity index (χ0v) is 19.6. The predicted octanol–water partition coefficient (Wildman–Crippen LogP) is 4.74. The molecule has 0 aliphatic carbocycles. The van der Waals surface area contributed by atoms with E-state index in [-0.39, 0.29) is 33.3 Å². The van der Waals surface area contributed by atoms with Crippen LogP contribution in [-0.4, -0.2) is 34.8 Å². The number of benzene rings is 2. The molecule has 1 N–H and O–H groups in total. The van der Waals surface area contributed by atoms with Gasteiger partial charge in [-0.3, -0.25) is 24.4 Å². The molecule has 2 aromatic rings. The van der Waals surface area contributed by atoms with Gasteiger partial charge in [0.15, 0.2) is 0 Å². The van der Waals surface area contributed by atoms with Gasteiger partial charge < -0.3 is 5.11 Å². The lowest BCUT2D eigenvalue weighted by molar-refractivity contribution is -0.385. The summed E-state index contributed by atoms with van der Waals surface area (Å²) >= 11 is 23.1. The molecule has 2 aromatic carbocycles. The summed E-state index contributed by atoms with van der Waals surface area (Å²) in [7, 11) is -4.34. The first-order valence-corrected chi connectivity index (χ1v) is 11.7. The Morgan fingerprint density at radius 3 is 2.00 bits per heavy atom. The number of nitrogens with zero attached hydrogens (tertiary/aromatic N) is 2. The van der Waals surface area contributed by atoms with Crippen LogP contribution in [0.2, 0.25) is 10.0 Å². The maximum absolute atomic E-state index is 12.4. The van der Waals surface area contributed by atoms with Gasteiger partial charge in [-0.1, -0.05) is 23.2 Å². The molecule has 0 fully saturated rings. The second-order valence-electron chi connectivity index (χ2n) is 6.56. The van der Waals surface area contributed by atoms with Crippen molar-refractivity contribution in [2.24, 2.45) is 0 Å². The van der Waals surface area contributed by atoms with Crippen molar-refractivity contribution >= 4 is 67.9 Å². The van der Waals surface area contributed by atoms with Crippen LogP contribution in [0.1, 0.15) is 17.5 Å². The van der Waals surface area contributed by atoms with Gasteiger partial charge in [0.1, 0.15) is 26.2 Å². The molecule has 10 nitrogen and oxygen atoms in total. The number of non-ortho nitro benzene ring substituents is 1. The molecule has 0 bridgehead atoms. The molecule has 0 heterocycles. The van der Waals surface area contributed by atoms with Crippen molar-refractivity contribution in [3.05, 3.63) is 77.8 Å². The maximum atomic E-state index is 12.4. The summed E-state index contributed by atoms with van der Waals surface area (Å²) in [6.45, 7) is -0.808. The minimum absolute atomic E-state index is 0.0111. The molecule has 32 heavy (non-hydrogen) atoms. The molecule has 15 heteroatoms. The fraction of sp³-hybridized carbons (Fsp3) is 0.294. The Labute approximate surface area is 202 Å². The Hall–Kier alpha value is -1.73. The van der Waals surface area contributed by atoms with Gasteiger partial charge in [0.25, 0.3) is 15.8 Å². The van der Waals surface area contributed by atoms with E-state index in [1.165, 1.54) is 12.1 Å². The average Bonchev–Trinajstić information content (AvgIpc) is 2.65. The molecule has 0 aliphatic heterocycles. The van der Waals surface area contributed by atoms with E-state index in [1.807, 2.05) is 0 Å². The van der Waals surface area contributed by atoms with Crippen LogP contribution in [0, 0.1) is 20.2 Å². The molecule has 0 aliphatic rings. The molecule has 0 aromatic heterocycles. The molecule has 1 atom stereocenters. The fourth-order valence-corrected chi connectivity index (χ4v) is 4.93. The van der Waals surface area contributed by atoms with Crippen molar-refractivity contribution in [2.45, 2.75) is 22.6 Å². The minimum atomic E-state index is -4.34. The third kappa shape index (κ3) is 6.88. The van der Waals surface area contributed by atoms with Crippen molar-refractivity contribution in [3.63, 3.8) is 0 Å². The Balaban J connectivity index is 2.24. The maximum Gasteiger partial charge on any atom is 0.306 e. The second kappa shape index (κ2) is 10.5. The van der Waals surface area contributed by atoms with Crippen molar-refractivity contribution in [2.75, 3.05) is 6.61 Å². The highest BCUT2D eigenvalue weighted by Crippen LogP contribution is 2.35.